The summed E-state index contributed by atoms with van der Waals surface area (Å²) in [4.78, 5) is 27.8. The van der Waals surface area contributed by atoms with E-state index >= 15 is 0 Å². The van der Waals surface area contributed by atoms with Crippen LogP contribution < -0.4 is 10.6 Å². The molecule has 8 nitrogen and oxygen atoms in total. The van der Waals surface area contributed by atoms with E-state index < -0.39 is 17.3 Å². The van der Waals surface area contributed by atoms with E-state index in [9.17, 15) is 18.0 Å². The van der Waals surface area contributed by atoms with Crippen molar-refractivity contribution in [1.29, 1.82) is 0 Å². The third-order valence-electron chi connectivity index (χ3n) is 6.76. The van der Waals surface area contributed by atoms with Gasteiger partial charge in [-0.05, 0) is 63.3 Å². The molecule has 0 unspecified atom stereocenters. The van der Waals surface area contributed by atoms with Gasteiger partial charge < -0.3 is 20.3 Å². The van der Waals surface area contributed by atoms with Gasteiger partial charge in [0.1, 0.15) is 5.60 Å². The van der Waals surface area contributed by atoms with Gasteiger partial charge in [0.05, 0.1) is 22.7 Å². The van der Waals surface area contributed by atoms with Gasteiger partial charge in [-0.2, -0.15) is 13.2 Å². The van der Waals surface area contributed by atoms with E-state index in [0.717, 1.165) is 17.7 Å². The first kappa shape index (κ1) is 31.5. The van der Waals surface area contributed by atoms with Crippen molar-refractivity contribution < 1.29 is 22.7 Å². The molecule has 1 aliphatic heterocycles. The Morgan fingerprint density at radius 2 is 1.79 bits per heavy atom. The van der Waals surface area contributed by atoms with Gasteiger partial charge in [-0.3, -0.25) is 4.99 Å². The Kier molecular flexibility index (Phi) is 10.1. The van der Waals surface area contributed by atoms with Gasteiger partial charge >= 0.3 is 12.3 Å². The molecule has 4 rings (SSSR count). The highest BCUT2D eigenvalue weighted by Gasteiger charge is 2.31. The summed E-state index contributed by atoms with van der Waals surface area (Å²) in [5.41, 5.74) is 1.22. The van der Waals surface area contributed by atoms with Crippen LogP contribution in [0.1, 0.15) is 56.0 Å². The van der Waals surface area contributed by atoms with Crippen molar-refractivity contribution in [3.8, 4) is 0 Å². The smallest absolute Gasteiger partial charge is 0.416 e. The van der Waals surface area contributed by atoms with Crippen molar-refractivity contribution in [3.63, 3.8) is 0 Å². The second-order valence-electron chi connectivity index (χ2n) is 11.2. The monoisotopic (exact) mass is 594 g/mol. The van der Waals surface area contributed by atoms with Crippen molar-refractivity contribution in [1.82, 2.24) is 20.2 Å². The van der Waals surface area contributed by atoms with Crippen LogP contribution in [0.3, 0.4) is 0 Å². The predicted octanol–water partition coefficient (Wildman–Crippen LogP) is 6.87. The first-order chi connectivity index (χ1) is 20.4. The summed E-state index contributed by atoms with van der Waals surface area (Å²) in [7, 11) is 1.68. The Hall–Kier alpha value is -4.41. The number of nitrogens with zero attached hydrogens (tertiary/aromatic N) is 4. The van der Waals surface area contributed by atoms with Crippen LogP contribution in [0.5, 0.6) is 0 Å². The van der Waals surface area contributed by atoms with Crippen LogP contribution in [0.2, 0.25) is 0 Å². The zero-order valence-corrected chi connectivity index (χ0v) is 24.8. The van der Waals surface area contributed by atoms with Gasteiger partial charge in [-0.25, -0.2) is 14.8 Å². The molecule has 43 heavy (non-hydrogen) atoms. The summed E-state index contributed by atoms with van der Waals surface area (Å²) in [6.07, 6.45) is -0.224. The summed E-state index contributed by atoms with van der Waals surface area (Å²) < 4.78 is 46.4. The number of alkyl halides is 3. The molecule has 0 aliphatic carbocycles. The van der Waals surface area contributed by atoms with E-state index in [0.29, 0.717) is 61.1 Å². The van der Waals surface area contributed by atoms with E-state index in [1.54, 1.807) is 36.5 Å². The zero-order valence-electron chi connectivity index (χ0n) is 24.8. The fourth-order valence-electron chi connectivity index (χ4n) is 4.59. The Labute approximate surface area is 250 Å². The minimum atomic E-state index is -4.51. The fraction of sp³-hybridized carbons (Fsp3) is 0.375. The van der Waals surface area contributed by atoms with Crippen LogP contribution >= 0.6 is 0 Å². The Morgan fingerprint density at radius 1 is 1.07 bits per heavy atom. The number of hydrogen-bond donors (Lipinski definition) is 2. The lowest BCUT2D eigenvalue weighted by molar-refractivity contribution is -0.137. The van der Waals surface area contributed by atoms with Crippen molar-refractivity contribution >= 4 is 29.7 Å². The maximum atomic E-state index is 13.7. The number of ether oxygens (including phenoxy) is 1. The number of hydrogen-bond acceptors (Lipinski definition) is 7. The Balaban J connectivity index is 1.63. The SMILES string of the molecule is CN/C(=C(\N=CC1CCN(C(=O)OC(C)(C)C)CC1)c1cccc(C(F)(F)F)c1)c1ccnc(NCc2ccccc2)n1. The largest absolute Gasteiger partial charge is 0.444 e. The van der Waals surface area contributed by atoms with Crippen LogP contribution in [-0.4, -0.2) is 52.9 Å². The molecule has 1 saturated heterocycles. The number of aromatic nitrogens is 2. The van der Waals surface area contributed by atoms with Gasteiger partial charge in [-0.15, -0.1) is 0 Å². The number of amides is 1. The van der Waals surface area contributed by atoms with Crippen LogP contribution in [0.15, 0.2) is 71.9 Å². The summed E-state index contributed by atoms with van der Waals surface area (Å²) >= 11 is 0. The standard InChI is InChI=1S/C32H37F3N6O2/c1-31(2,3)43-30(42)41-17-14-23(15-18-41)20-38-27(24-11-8-12-25(19-24)32(33,34)35)28(36-4)26-13-16-37-29(40-26)39-21-22-9-6-5-7-10-22/h5-13,16,19-20,23,36H,14-15,17-18,21H2,1-4H3,(H,37,39,40)/b28-27-,38-20?. The number of carbonyl (C=O) groups is 1. The Bertz CT molecular complexity index is 1440. The van der Waals surface area contributed by atoms with E-state index in [1.165, 1.54) is 6.07 Å². The van der Waals surface area contributed by atoms with Crippen molar-refractivity contribution in [3.05, 3.63) is 89.2 Å². The minimum absolute atomic E-state index is 0.0195. The lowest BCUT2D eigenvalue weighted by atomic mass is 9.98. The summed E-state index contributed by atoms with van der Waals surface area (Å²) in [5, 5.41) is 6.30. The molecule has 11 heteroatoms. The highest BCUT2D eigenvalue weighted by atomic mass is 19.4. The van der Waals surface area contributed by atoms with Crippen LogP contribution in [0, 0.1) is 5.92 Å². The van der Waals surface area contributed by atoms with Gasteiger partial charge in [0.25, 0.3) is 0 Å². The molecule has 2 N–H and O–H groups in total. The maximum Gasteiger partial charge on any atom is 0.416 e. The predicted molar refractivity (Wildman–Crippen MR) is 162 cm³/mol. The topological polar surface area (TPSA) is 91.7 Å². The summed E-state index contributed by atoms with van der Waals surface area (Å²) in [5.74, 6) is 0.391. The molecule has 0 spiro atoms. The first-order valence-electron chi connectivity index (χ1n) is 14.2. The molecule has 0 bridgehead atoms. The van der Waals surface area contributed by atoms with Gasteiger partial charge in [-0.1, -0.05) is 42.5 Å². The van der Waals surface area contributed by atoms with Gasteiger partial charge in [0.15, 0.2) is 0 Å². The normalized spacial score (nSPS) is 15.3. The van der Waals surface area contributed by atoms with Crippen LogP contribution in [0.25, 0.3) is 11.4 Å². The number of halogens is 3. The molecule has 2 heterocycles. The number of piperidine rings is 1. The lowest BCUT2D eigenvalue weighted by Gasteiger charge is -2.32. The first-order valence-corrected chi connectivity index (χ1v) is 14.2. The average Bonchev–Trinajstić information content (AvgIpc) is 2.98. The number of aliphatic imine (C=N–C) groups is 1. The lowest BCUT2D eigenvalue weighted by Crippen LogP contribution is -2.41. The number of rotatable bonds is 8. The second-order valence-corrected chi connectivity index (χ2v) is 11.2. The molecule has 3 aromatic rings. The number of anilines is 1. The van der Waals surface area contributed by atoms with Gasteiger partial charge in [0.2, 0.25) is 5.95 Å². The molecule has 1 amide bonds. The Morgan fingerprint density at radius 3 is 2.44 bits per heavy atom. The summed E-state index contributed by atoms with van der Waals surface area (Å²) in [6.45, 7) is 6.97. The quantitative estimate of drug-likeness (QED) is 0.277. The molecule has 2 aromatic carbocycles. The highest BCUT2D eigenvalue weighted by molar-refractivity contribution is 5.91. The van der Waals surface area contributed by atoms with E-state index in [-0.39, 0.29) is 12.0 Å². The van der Waals surface area contributed by atoms with Crippen molar-refractivity contribution in [2.45, 2.75) is 51.9 Å². The maximum absolute atomic E-state index is 13.7. The molecule has 1 aliphatic rings. The van der Waals surface area contributed by atoms with Crippen LogP contribution in [-0.2, 0) is 17.5 Å². The number of carbonyl (C=O) groups excluding carboxylic acids is 1. The minimum Gasteiger partial charge on any atom is -0.444 e. The fourth-order valence-corrected chi connectivity index (χ4v) is 4.59. The van der Waals surface area contributed by atoms with Gasteiger partial charge in [0, 0.05) is 44.7 Å². The molecule has 0 atom stereocenters. The van der Waals surface area contributed by atoms with E-state index in [4.69, 9.17) is 9.73 Å². The molecule has 0 saturated carbocycles. The zero-order chi connectivity index (χ0) is 31.0. The number of likely N-dealkylation sites (tertiary alicyclic amines) is 1. The van der Waals surface area contributed by atoms with Crippen LogP contribution in [0.4, 0.5) is 23.9 Å². The molecular formula is C32H37F3N6O2. The number of benzene rings is 2. The van der Waals surface area contributed by atoms with Crippen molar-refractivity contribution in [2.24, 2.45) is 10.9 Å². The highest BCUT2D eigenvalue weighted by Crippen LogP contribution is 2.33. The molecule has 1 fully saturated rings. The molecule has 228 valence electrons. The average molecular weight is 595 g/mol. The number of nitrogens with one attached hydrogen (secondary N) is 2. The molecular weight excluding hydrogens is 557 g/mol. The van der Waals surface area contributed by atoms with E-state index in [2.05, 4.69) is 20.6 Å². The molecule has 1 aromatic heterocycles. The van der Waals surface area contributed by atoms with E-state index in [1.807, 2.05) is 51.1 Å². The summed E-state index contributed by atoms with van der Waals surface area (Å²) in [6, 6.07) is 16.5. The molecule has 0 radical (unpaired) electrons. The third-order valence-corrected chi connectivity index (χ3v) is 6.76. The third kappa shape index (κ3) is 9.04. The van der Waals surface area contributed by atoms with Crippen molar-refractivity contribution in [2.75, 3.05) is 25.5 Å². The second kappa shape index (κ2) is 13.7.